The van der Waals surface area contributed by atoms with Crippen molar-refractivity contribution in [1.82, 2.24) is 0 Å². The number of carbonyl (C=O) groups is 1. The topological polar surface area (TPSA) is 38.7 Å². The van der Waals surface area contributed by atoms with Crippen molar-refractivity contribution in [2.24, 2.45) is 5.16 Å². The molecule has 2 rings (SSSR count). The maximum atomic E-state index is 10.8. The van der Waals surface area contributed by atoms with Gasteiger partial charge in [-0.1, -0.05) is 11.2 Å². The molecule has 0 fully saturated rings. The van der Waals surface area contributed by atoms with Gasteiger partial charge in [0.1, 0.15) is 0 Å². The average molecular weight is 231 g/mol. The van der Waals surface area contributed by atoms with Crippen molar-refractivity contribution in [2.45, 2.75) is 40.0 Å². The fourth-order valence-corrected chi connectivity index (χ4v) is 2.15. The Labute approximate surface area is 101 Å². The zero-order chi connectivity index (χ0) is 12.4. The minimum atomic E-state index is -0.367. The zero-order valence-corrected chi connectivity index (χ0v) is 10.5. The van der Waals surface area contributed by atoms with E-state index in [0.717, 1.165) is 30.5 Å². The third-order valence-corrected chi connectivity index (χ3v) is 3.17. The molecule has 0 amide bonds. The quantitative estimate of drug-likeness (QED) is 0.550. The molecule has 90 valence electrons. The van der Waals surface area contributed by atoms with Crippen molar-refractivity contribution in [3.05, 3.63) is 34.4 Å². The molecule has 0 saturated heterocycles. The number of fused-ring (bicyclic) bond motifs is 1. The maximum absolute atomic E-state index is 10.8. The molecular formula is C14H17NO2. The van der Waals surface area contributed by atoms with Gasteiger partial charge in [-0.2, -0.15) is 0 Å². The number of rotatable bonds is 1. The molecule has 0 spiro atoms. The first-order valence-electron chi connectivity index (χ1n) is 5.93. The first-order chi connectivity index (χ1) is 8.08. The van der Waals surface area contributed by atoms with Crippen LogP contribution in [0.4, 0.5) is 0 Å². The first-order valence-corrected chi connectivity index (χ1v) is 5.93. The van der Waals surface area contributed by atoms with Crippen LogP contribution >= 0.6 is 0 Å². The molecule has 1 aromatic rings. The third-order valence-electron chi connectivity index (χ3n) is 3.17. The molecule has 17 heavy (non-hydrogen) atoms. The van der Waals surface area contributed by atoms with Crippen molar-refractivity contribution in [2.75, 3.05) is 0 Å². The fourth-order valence-electron chi connectivity index (χ4n) is 2.15. The van der Waals surface area contributed by atoms with Gasteiger partial charge in [-0.15, -0.1) is 0 Å². The lowest BCUT2D eigenvalue weighted by Crippen LogP contribution is -2.14. The minimum Gasteiger partial charge on any atom is -0.318 e. The van der Waals surface area contributed by atoms with Gasteiger partial charge in [-0.05, 0) is 55.9 Å². The highest BCUT2D eigenvalue weighted by Crippen LogP contribution is 2.25. The lowest BCUT2D eigenvalue weighted by atomic mass is 9.87. The van der Waals surface area contributed by atoms with Crippen LogP contribution in [0.3, 0.4) is 0 Å². The number of hydrogen-bond acceptors (Lipinski definition) is 3. The number of hydrogen-bond donors (Lipinski definition) is 0. The summed E-state index contributed by atoms with van der Waals surface area (Å²) < 4.78 is 0. The lowest BCUT2D eigenvalue weighted by molar-refractivity contribution is -0.140. The van der Waals surface area contributed by atoms with Crippen molar-refractivity contribution in [3.63, 3.8) is 0 Å². The van der Waals surface area contributed by atoms with Gasteiger partial charge in [0, 0.05) is 12.5 Å². The summed E-state index contributed by atoms with van der Waals surface area (Å²) >= 11 is 0. The van der Waals surface area contributed by atoms with Gasteiger partial charge >= 0.3 is 5.97 Å². The van der Waals surface area contributed by atoms with E-state index in [-0.39, 0.29) is 5.97 Å². The van der Waals surface area contributed by atoms with E-state index in [9.17, 15) is 4.79 Å². The van der Waals surface area contributed by atoms with E-state index in [4.69, 9.17) is 4.84 Å². The van der Waals surface area contributed by atoms with Crippen LogP contribution in [-0.2, 0) is 16.1 Å². The Kier molecular flexibility index (Phi) is 3.27. The Hall–Kier alpha value is -1.64. The molecule has 1 aromatic carbocycles. The fraction of sp³-hybridized carbons (Fsp3) is 0.429. The number of nitrogens with zero attached hydrogens (tertiary/aromatic N) is 1. The van der Waals surface area contributed by atoms with Crippen LogP contribution in [0.5, 0.6) is 0 Å². The number of oxime groups is 1. The number of benzene rings is 1. The Bertz CT molecular complexity index is 489. The van der Waals surface area contributed by atoms with E-state index in [1.54, 1.807) is 0 Å². The van der Waals surface area contributed by atoms with Gasteiger partial charge in [-0.3, -0.25) is 0 Å². The monoisotopic (exact) mass is 231 g/mol. The molecule has 0 bridgehead atoms. The summed E-state index contributed by atoms with van der Waals surface area (Å²) in [7, 11) is 0. The van der Waals surface area contributed by atoms with E-state index in [1.165, 1.54) is 23.6 Å². The minimum absolute atomic E-state index is 0.367. The Morgan fingerprint density at radius 3 is 2.65 bits per heavy atom. The van der Waals surface area contributed by atoms with Crippen molar-refractivity contribution >= 4 is 11.7 Å². The predicted molar refractivity (Wildman–Crippen MR) is 67.2 cm³/mol. The molecule has 0 radical (unpaired) electrons. The van der Waals surface area contributed by atoms with Gasteiger partial charge in [0.25, 0.3) is 0 Å². The summed E-state index contributed by atoms with van der Waals surface area (Å²) in [6, 6.07) is 4.36. The highest BCUT2D eigenvalue weighted by molar-refractivity contribution is 6.02. The molecule has 0 heterocycles. The summed E-state index contributed by atoms with van der Waals surface area (Å²) in [5, 5.41) is 3.96. The van der Waals surface area contributed by atoms with Crippen LogP contribution in [0.2, 0.25) is 0 Å². The van der Waals surface area contributed by atoms with Gasteiger partial charge in [0.2, 0.25) is 0 Å². The van der Waals surface area contributed by atoms with Gasteiger partial charge in [-0.25, -0.2) is 4.79 Å². The van der Waals surface area contributed by atoms with Crippen LogP contribution in [0, 0.1) is 13.8 Å². The van der Waals surface area contributed by atoms with E-state index < -0.39 is 0 Å². The summed E-state index contributed by atoms with van der Waals surface area (Å²) in [5.41, 5.74) is 5.90. The second-order valence-corrected chi connectivity index (χ2v) is 4.57. The van der Waals surface area contributed by atoms with Gasteiger partial charge in [0.15, 0.2) is 0 Å². The molecular weight excluding hydrogens is 214 g/mol. The first kappa shape index (κ1) is 11.8. The Morgan fingerprint density at radius 1 is 1.24 bits per heavy atom. The molecule has 1 aliphatic carbocycles. The third kappa shape index (κ3) is 2.54. The van der Waals surface area contributed by atoms with Gasteiger partial charge < -0.3 is 4.84 Å². The Balaban J connectivity index is 2.40. The number of carbonyl (C=O) groups excluding carboxylic acids is 1. The molecule has 3 heteroatoms. The van der Waals surface area contributed by atoms with E-state index >= 15 is 0 Å². The molecule has 0 N–H and O–H groups in total. The van der Waals surface area contributed by atoms with E-state index in [1.807, 2.05) is 0 Å². The smallest absolute Gasteiger partial charge is 0.318 e. The maximum Gasteiger partial charge on any atom is 0.331 e. The predicted octanol–water partition coefficient (Wildman–Crippen LogP) is 2.91. The molecule has 0 atom stereocenters. The zero-order valence-electron chi connectivity index (χ0n) is 10.5. The van der Waals surface area contributed by atoms with Crippen LogP contribution in [0.1, 0.15) is 42.0 Å². The molecule has 0 saturated carbocycles. The SMILES string of the molecule is CC(=O)O/N=C1/CCCc2cc(C)c(C)cc21. The van der Waals surface area contributed by atoms with Crippen LogP contribution in [0.25, 0.3) is 0 Å². The normalized spacial score (nSPS) is 16.8. The Morgan fingerprint density at radius 2 is 1.94 bits per heavy atom. The van der Waals surface area contributed by atoms with Crippen LogP contribution in [-0.4, -0.2) is 11.7 Å². The molecule has 3 nitrogen and oxygen atoms in total. The molecule has 0 aromatic heterocycles. The lowest BCUT2D eigenvalue weighted by Gasteiger charge is -2.19. The summed E-state index contributed by atoms with van der Waals surface area (Å²) in [6.45, 7) is 5.58. The second-order valence-electron chi connectivity index (χ2n) is 4.57. The highest BCUT2D eigenvalue weighted by Gasteiger charge is 2.17. The standard InChI is InChI=1S/C14H17NO2/c1-9-7-12-5-4-6-14(15-17-11(3)16)13(12)8-10(9)2/h7-8H,4-6H2,1-3H3/b15-14-. The summed E-state index contributed by atoms with van der Waals surface area (Å²) in [6.07, 6.45) is 3.02. The van der Waals surface area contributed by atoms with Crippen molar-refractivity contribution in [1.29, 1.82) is 0 Å². The van der Waals surface area contributed by atoms with Crippen LogP contribution < -0.4 is 0 Å². The van der Waals surface area contributed by atoms with E-state index in [0.29, 0.717) is 0 Å². The average Bonchev–Trinajstić information content (AvgIpc) is 2.28. The van der Waals surface area contributed by atoms with Crippen LogP contribution in [0.15, 0.2) is 17.3 Å². The van der Waals surface area contributed by atoms with E-state index in [2.05, 4.69) is 31.1 Å². The van der Waals surface area contributed by atoms with Crippen molar-refractivity contribution < 1.29 is 9.63 Å². The molecule has 0 unspecified atom stereocenters. The summed E-state index contributed by atoms with van der Waals surface area (Å²) in [4.78, 5) is 15.5. The highest BCUT2D eigenvalue weighted by atomic mass is 16.7. The largest absolute Gasteiger partial charge is 0.331 e. The van der Waals surface area contributed by atoms with Gasteiger partial charge in [0.05, 0.1) is 5.71 Å². The second kappa shape index (κ2) is 4.70. The number of aryl methyl sites for hydroxylation is 3. The molecule has 0 aliphatic heterocycles. The summed E-state index contributed by atoms with van der Waals surface area (Å²) in [5.74, 6) is -0.367. The molecule has 1 aliphatic rings. The van der Waals surface area contributed by atoms with Crippen molar-refractivity contribution in [3.8, 4) is 0 Å².